The Hall–Kier alpha value is -2.81. The van der Waals surface area contributed by atoms with E-state index in [-0.39, 0.29) is 11.8 Å². The van der Waals surface area contributed by atoms with Crippen LogP contribution in [0.3, 0.4) is 0 Å². The number of thiophene rings is 1. The van der Waals surface area contributed by atoms with Gasteiger partial charge in [0.1, 0.15) is 0 Å². The molecule has 2 aromatic heterocycles. The number of amides is 2. The Bertz CT molecular complexity index is 781. The molecule has 0 aromatic carbocycles. The van der Waals surface area contributed by atoms with Crippen LogP contribution < -0.4 is 10.6 Å². The van der Waals surface area contributed by atoms with E-state index in [2.05, 4.69) is 20.5 Å². The number of nitrogens with zero attached hydrogens (tertiary/aromatic N) is 3. The van der Waals surface area contributed by atoms with Crippen molar-refractivity contribution in [3.05, 3.63) is 46.5 Å². The minimum Gasteiger partial charge on any atom is -0.459 e. The van der Waals surface area contributed by atoms with Crippen molar-refractivity contribution in [2.45, 2.75) is 6.42 Å². The maximum Gasteiger partial charge on any atom is 0.289 e. The molecule has 28 heavy (non-hydrogen) atoms. The van der Waals surface area contributed by atoms with Gasteiger partial charge in [0.25, 0.3) is 11.8 Å². The molecule has 150 valence electrons. The SMILES string of the molecule is CN=C(NCCCNC(=O)c1cccs1)N1CCN(C(=O)c2ccco2)CC1. The second-order valence-electron chi connectivity index (χ2n) is 6.32. The first-order valence-corrected chi connectivity index (χ1v) is 10.2. The second-order valence-corrected chi connectivity index (χ2v) is 7.26. The molecule has 1 aliphatic rings. The number of hydrogen-bond acceptors (Lipinski definition) is 5. The van der Waals surface area contributed by atoms with Crippen LogP contribution in [-0.4, -0.2) is 73.9 Å². The maximum atomic E-state index is 12.3. The summed E-state index contributed by atoms with van der Waals surface area (Å²) in [5, 5.41) is 8.13. The lowest BCUT2D eigenvalue weighted by molar-refractivity contribution is 0.0657. The van der Waals surface area contributed by atoms with Crippen LogP contribution >= 0.6 is 11.3 Å². The van der Waals surface area contributed by atoms with Gasteiger partial charge in [-0.1, -0.05) is 6.07 Å². The zero-order valence-corrected chi connectivity index (χ0v) is 16.7. The Labute approximate surface area is 168 Å². The number of piperazine rings is 1. The fraction of sp³-hybridized carbons (Fsp3) is 0.421. The molecule has 1 fully saturated rings. The fourth-order valence-electron chi connectivity index (χ4n) is 3.00. The third kappa shape index (κ3) is 5.13. The Morgan fingerprint density at radius 1 is 1.11 bits per heavy atom. The minimum absolute atomic E-state index is 0.0308. The van der Waals surface area contributed by atoms with Crippen molar-refractivity contribution in [1.82, 2.24) is 20.4 Å². The summed E-state index contributed by atoms with van der Waals surface area (Å²) in [4.78, 5) is 33.2. The van der Waals surface area contributed by atoms with E-state index in [0.29, 0.717) is 45.0 Å². The molecule has 1 saturated heterocycles. The van der Waals surface area contributed by atoms with Gasteiger partial charge in [-0.3, -0.25) is 14.6 Å². The van der Waals surface area contributed by atoms with E-state index in [0.717, 1.165) is 17.3 Å². The van der Waals surface area contributed by atoms with Gasteiger partial charge in [0, 0.05) is 46.3 Å². The lowest BCUT2D eigenvalue weighted by Crippen LogP contribution is -2.53. The summed E-state index contributed by atoms with van der Waals surface area (Å²) in [5.74, 6) is 1.08. The van der Waals surface area contributed by atoms with Gasteiger partial charge in [-0.25, -0.2) is 0 Å². The smallest absolute Gasteiger partial charge is 0.289 e. The molecule has 0 saturated carbocycles. The van der Waals surface area contributed by atoms with Gasteiger partial charge < -0.3 is 24.9 Å². The number of aliphatic imine (C=N–C) groups is 1. The highest BCUT2D eigenvalue weighted by molar-refractivity contribution is 7.12. The molecule has 2 aromatic rings. The molecule has 0 aliphatic carbocycles. The normalized spacial score (nSPS) is 14.8. The number of guanidine groups is 1. The first kappa shape index (κ1) is 19.9. The van der Waals surface area contributed by atoms with Gasteiger partial charge in [0.2, 0.25) is 0 Å². The highest BCUT2D eigenvalue weighted by Crippen LogP contribution is 2.10. The van der Waals surface area contributed by atoms with Crippen LogP contribution in [-0.2, 0) is 0 Å². The number of rotatable bonds is 6. The summed E-state index contributed by atoms with van der Waals surface area (Å²) in [6.45, 7) is 3.98. The van der Waals surface area contributed by atoms with Crippen LogP contribution in [0.1, 0.15) is 26.6 Å². The minimum atomic E-state index is -0.0749. The highest BCUT2D eigenvalue weighted by Gasteiger charge is 2.25. The molecule has 9 heteroatoms. The number of carbonyl (C=O) groups is 2. The van der Waals surface area contributed by atoms with Crippen LogP contribution in [0.4, 0.5) is 0 Å². The first-order chi connectivity index (χ1) is 13.7. The average Bonchev–Trinajstić information content (AvgIpc) is 3.44. The van der Waals surface area contributed by atoms with Crippen LogP contribution in [0.25, 0.3) is 0 Å². The van der Waals surface area contributed by atoms with Crippen molar-refractivity contribution in [2.24, 2.45) is 4.99 Å². The van der Waals surface area contributed by atoms with E-state index in [1.54, 1.807) is 24.1 Å². The zero-order chi connectivity index (χ0) is 19.8. The van der Waals surface area contributed by atoms with E-state index in [1.807, 2.05) is 17.5 Å². The van der Waals surface area contributed by atoms with Gasteiger partial charge in [0.05, 0.1) is 11.1 Å². The third-order valence-corrected chi connectivity index (χ3v) is 5.35. The molecule has 2 amide bonds. The van der Waals surface area contributed by atoms with E-state index in [1.165, 1.54) is 17.6 Å². The molecule has 8 nitrogen and oxygen atoms in total. The van der Waals surface area contributed by atoms with E-state index >= 15 is 0 Å². The van der Waals surface area contributed by atoms with Crippen molar-refractivity contribution < 1.29 is 14.0 Å². The highest BCUT2D eigenvalue weighted by atomic mass is 32.1. The zero-order valence-electron chi connectivity index (χ0n) is 15.9. The average molecular weight is 404 g/mol. The number of nitrogens with one attached hydrogen (secondary N) is 2. The molecule has 1 aliphatic heterocycles. The molecule has 0 atom stereocenters. The van der Waals surface area contributed by atoms with Crippen molar-refractivity contribution in [2.75, 3.05) is 46.3 Å². The molecular formula is C19H25N5O3S. The summed E-state index contributed by atoms with van der Waals surface area (Å²) in [7, 11) is 1.75. The number of carbonyl (C=O) groups excluding carboxylic acids is 2. The van der Waals surface area contributed by atoms with E-state index in [4.69, 9.17) is 4.42 Å². The molecule has 2 N–H and O–H groups in total. The van der Waals surface area contributed by atoms with Crippen molar-refractivity contribution >= 4 is 29.1 Å². The first-order valence-electron chi connectivity index (χ1n) is 9.29. The van der Waals surface area contributed by atoms with Gasteiger partial charge in [-0.15, -0.1) is 11.3 Å². The summed E-state index contributed by atoms with van der Waals surface area (Å²) in [6.07, 6.45) is 2.31. The van der Waals surface area contributed by atoms with Gasteiger partial charge in [-0.05, 0) is 30.0 Å². The van der Waals surface area contributed by atoms with Gasteiger partial charge in [-0.2, -0.15) is 0 Å². The standard InChI is InChI=1S/C19H25N5O3S/c1-20-19(22-8-4-7-21-17(25)16-6-3-14-28-16)24-11-9-23(10-12-24)18(26)15-5-2-13-27-15/h2-3,5-6,13-14H,4,7-12H2,1H3,(H,20,22)(H,21,25). The van der Waals surface area contributed by atoms with Gasteiger partial charge in [0.15, 0.2) is 11.7 Å². The quantitative estimate of drug-likeness (QED) is 0.433. The van der Waals surface area contributed by atoms with E-state index < -0.39 is 0 Å². The topological polar surface area (TPSA) is 90.2 Å². The molecule has 0 spiro atoms. The molecule has 3 heterocycles. The summed E-state index contributed by atoms with van der Waals surface area (Å²) >= 11 is 1.44. The van der Waals surface area contributed by atoms with E-state index in [9.17, 15) is 9.59 Å². The Kier molecular flexibility index (Phi) is 7.07. The predicted octanol–water partition coefficient (Wildman–Crippen LogP) is 1.49. The lowest BCUT2D eigenvalue weighted by Gasteiger charge is -2.36. The fourth-order valence-corrected chi connectivity index (χ4v) is 3.64. The summed E-state index contributed by atoms with van der Waals surface area (Å²) in [6, 6.07) is 7.09. The molecular weight excluding hydrogens is 378 g/mol. The Morgan fingerprint density at radius 2 is 1.86 bits per heavy atom. The largest absolute Gasteiger partial charge is 0.459 e. The summed E-state index contributed by atoms with van der Waals surface area (Å²) < 4.78 is 5.19. The van der Waals surface area contributed by atoms with Crippen LogP contribution in [0.15, 0.2) is 45.3 Å². The predicted molar refractivity (Wildman–Crippen MR) is 109 cm³/mol. The van der Waals surface area contributed by atoms with Crippen LogP contribution in [0, 0.1) is 0 Å². The van der Waals surface area contributed by atoms with Crippen molar-refractivity contribution in [3.8, 4) is 0 Å². The Morgan fingerprint density at radius 3 is 2.50 bits per heavy atom. The van der Waals surface area contributed by atoms with Crippen molar-refractivity contribution in [3.63, 3.8) is 0 Å². The number of furan rings is 1. The molecule has 0 unspecified atom stereocenters. The molecule has 0 bridgehead atoms. The van der Waals surface area contributed by atoms with Crippen LogP contribution in [0.2, 0.25) is 0 Å². The maximum absolute atomic E-state index is 12.3. The molecule has 0 radical (unpaired) electrons. The van der Waals surface area contributed by atoms with Crippen LogP contribution in [0.5, 0.6) is 0 Å². The third-order valence-electron chi connectivity index (χ3n) is 4.48. The molecule has 3 rings (SSSR count). The summed E-state index contributed by atoms with van der Waals surface area (Å²) in [5.41, 5.74) is 0. The van der Waals surface area contributed by atoms with Crippen molar-refractivity contribution in [1.29, 1.82) is 0 Å². The second kappa shape index (κ2) is 9.93. The monoisotopic (exact) mass is 403 g/mol. The lowest BCUT2D eigenvalue weighted by atomic mass is 10.3. The Balaban J connectivity index is 1.35. The van der Waals surface area contributed by atoms with Gasteiger partial charge >= 0.3 is 0 Å². The number of hydrogen-bond donors (Lipinski definition) is 2.